The number of hydrogen-bond acceptors (Lipinski definition) is 2. The summed E-state index contributed by atoms with van der Waals surface area (Å²) in [5.74, 6) is -2.12. The molecule has 2 aromatic rings. The van der Waals surface area contributed by atoms with Gasteiger partial charge in [0.1, 0.15) is 11.6 Å². The van der Waals surface area contributed by atoms with E-state index in [1.807, 2.05) is 0 Å². The van der Waals surface area contributed by atoms with Crippen molar-refractivity contribution >= 4 is 27.4 Å². The predicted octanol–water partition coefficient (Wildman–Crippen LogP) is 3.85. The van der Waals surface area contributed by atoms with Crippen molar-refractivity contribution in [1.82, 2.24) is 0 Å². The van der Waals surface area contributed by atoms with Gasteiger partial charge in [0.15, 0.2) is 5.78 Å². The van der Waals surface area contributed by atoms with E-state index in [1.165, 1.54) is 6.07 Å². The number of benzene rings is 2. The molecule has 0 spiro atoms. The van der Waals surface area contributed by atoms with E-state index < -0.39 is 17.4 Å². The Morgan fingerprint density at radius 2 is 1.84 bits per heavy atom. The third kappa shape index (κ3) is 2.51. The van der Waals surface area contributed by atoms with Gasteiger partial charge in [0, 0.05) is 11.3 Å². The molecule has 2 N–H and O–H groups in total. The highest BCUT2D eigenvalue weighted by molar-refractivity contribution is 9.10. The van der Waals surface area contributed by atoms with Gasteiger partial charge in [-0.1, -0.05) is 12.1 Å². The Morgan fingerprint density at radius 3 is 2.53 bits per heavy atom. The van der Waals surface area contributed by atoms with E-state index in [-0.39, 0.29) is 21.3 Å². The van der Waals surface area contributed by atoms with Crippen molar-refractivity contribution < 1.29 is 13.6 Å². The fourth-order valence-corrected chi connectivity index (χ4v) is 2.04. The van der Waals surface area contributed by atoms with Gasteiger partial charge in [-0.3, -0.25) is 4.79 Å². The smallest absolute Gasteiger partial charge is 0.198 e. The van der Waals surface area contributed by atoms with Crippen molar-refractivity contribution in [2.75, 3.05) is 5.73 Å². The van der Waals surface area contributed by atoms with Gasteiger partial charge in [0.2, 0.25) is 0 Å². The Balaban J connectivity index is 2.56. The Hall–Kier alpha value is -1.75. The molecule has 0 atom stereocenters. The molecule has 98 valence electrons. The Labute approximate surface area is 117 Å². The van der Waals surface area contributed by atoms with Gasteiger partial charge in [0.25, 0.3) is 0 Å². The maximum Gasteiger partial charge on any atom is 0.198 e. The first-order valence-electron chi connectivity index (χ1n) is 5.46. The van der Waals surface area contributed by atoms with Gasteiger partial charge >= 0.3 is 0 Å². The number of para-hydroxylation sites is 1. The van der Waals surface area contributed by atoms with E-state index in [9.17, 15) is 13.6 Å². The standard InChI is InChI=1S/C14H10BrF2NO/c1-7-3-2-4-8(13(7)18)14(19)9-5-12(17)10(15)6-11(9)16/h2-6H,18H2,1H3. The summed E-state index contributed by atoms with van der Waals surface area (Å²) >= 11 is 2.86. The van der Waals surface area contributed by atoms with Crippen LogP contribution in [-0.2, 0) is 0 Å². The molecule has 0 unspecified atom stereocenters. The average Bonchev–Trinajstić information content (AvgIpc) is 2.36. The number of ketones is 1. The highest BCUT2D eigenvalue weighted by atomic mass is 79.9. The lowest BCUT2D eigenvalue weighted by Gasteiger charge is -2.08. The van der Waals surface area contributed by atoms with Crippen molar-refractivity contribution in [3.8, 4) is 0 Å². The first-order valence-corrected chi connectivity index (χ1v) is 6.25. The summed E-state index contributed by atoms with van der Waals surface area (Å²) in [6.07, 6.45) is 0. The third-order valence-corrected chi connectivity index (χ3v) is 3.43. The zero-order valence-corrected chi connectivity index (χ0v) is 11.6. The number of nitrogens with two attached hydrogens (primary N) is 1. The molecule has 0 fully saturated rings. The second kappa shape index (κ2) is 5.09. The zero-order valence-electron chi connectivity index (χ0n) is 10.0. The van der Waals surface area contributed by atoms with Gasteiger partial charge < -0.3 is 5.73 Å². The maximum atomic E-state index is 13.7. The number of carbonyl (C=O) groups is 1. The van der Waals surface area contributed by atoms with Crippen LogP contribution >= 0.6 is 15.9 Å². The molecule has 0 aliphatic carbocycles. The van der Waals surface area contributed by atoms with Crippen LogP contribution in [0, 0.1) is 18.6 Å². The van der Waals surface area contributed by atoms with Crippen LogP contribution in [0.15, 0.2) is 34.8 Å². The molecule has 0 aliphatic rings. The topological polar surface area (TPSA) is 43.1 Å². The Bertz CT molecular complexity index is 671. The largest absolute Gasteiger partial charge is 0.398 e. The van der Waals surface area contributed by atoms with Crippen LogP contribution in [0.4, 0.5) is 14.5 Å². The van der Waals surface area contributed by atoms with Crippen LogP contribution in [0.5, 0.6) is 0 Å². The van der Waals surface area contributed by atoms with Gasteiger partial charge in [-0.05, 0) is 46.6 Å². The molecule has 5 heteroatoms. The monoisotopic (exact) mass is 325 g/mol. The van der Waals surface area contributed by atoms with E-state index in [2.05, 4.69) is 15.9 Å². The maximum absolute atomic E-state index is 13.7. The molecule has 0 heterocycles. The molecular weight excluding hydrogens is 316 g/mol. The summed E-state index contributed by atoms with van der Waals surface area (Å²) in [5.41, 5.74) is 6.61. The molecule has 2 aromatic carbocycles. The first-order chi connectivity index (χ1) is 8.91. The fourth-order valence-electron chi connectivity index (χ4n) is 1.72. The molecule has 0 aromatic heterocycles. The highest BCUT2D eigenvalue weighted by Gasteiger charge is 2.19. The zero-order chi connectivity index (χ0) is 14.2. The highest BCUT2D eigenvalue weighted by Crippen LogP contribution is 2.25. The van der Waals surface area contributed by atoms with Crippen LogP contribution < -0.4 is 5.73 Å². The predicted molar refractivity (Wildman–Crippen MR) is 73.1 cm³/mol. The second-order valence-electron chi connectivity index (χ2n) is 4.11. The van der Waals surface area contributed by atoms with Crippen molar-refractivity contribution in [3.05, 3.63) is 63.1 Å². The number of halogens is 3. The Morgan fingerprint density at radius 1 is 1.16 bits per heavy atom. The van der Waals surface area contributed by atoms with Crippen LogP contribution in [-0.4, -0.2) is 5.78 Å². The fraction of sp³-hybridized carbons (Fsp3) is 0.0714. The number of nitrogen functional groups attached to an aromatic ring is 1. The normalized spacial score (nSPS) is 10.5. The van der Waals surface area contributed by atoms with Crippen molar-refractivity contribution in [2.45, 2.75) is 6.92 Å². The molecular formula is C14H10BrF2NO. The number of hydrogen-bond donors (Lipinski definition) is 1. The summed E-state index contributed by atoms with van der Waals surface area (Å²) in [5, 5.41) is 0. The molecule has 2 nitrogen and oxygen atoms in total. The summed E-state index contributed by atoms with van der Waals surface area (Å²) in [6.45, 7) is 1.74. The molecule has 0 amide bonds. The third-order valence-electron chi connectivity index (χ3n) is 2.82. The van der Waals surface area contributed by atoms with E-state index >= 15 is 0 Å². The minimum atomic E-state index is -0.792. The van der Waals surface area contributed by atoms with Crippen LogP contribution in [0.3, 0.4) is 0 Å². The lowest BCUT2D eigenvalue weighted by Crippen LogP contribution is -2.09. The molecule has 0 aliphatic heterocycles. The van der Waals surface area contributed by atoms with E-state index in [0.717, 1.165) is 12.1 Å². The molecule has 0 bridgehead atoms. The summed E-state index contributed by atoms with van der Waals surface area (Å²) < 4.78 is 27.1. The number of anilines is 1. The van der Waals surface area contributed by atoms with Crippen LogP contribution in [0.2, 0.25) is 0 Å². The Kier molecular flexibility index (Phi) is 3.66. The number of carbonyl (C=O) groups excluding carboxylic acids is 1. The van der Waals surface area contributed by atoms with Gasteiger partial charge in [-0.2, -0.15) is 0 Å². The first kappa shape index (κ1) is 13.7. The minimum Gasteiger partial charge on any atom is -0.398 e. The molecule has 0 saturated carbocycles. The quantitative estimate of drug-likeness (QED) is 0.517. The van der Waals surface area contributed by atoms with Gasteiger partial charge in [-0.15, -0.1) is 0 Å². The van der Waals surface area contributed by atoms with Crippen LogP contribution in [0.1, 0.15) is 21.5 Å². The van der Waals surface area contributed by atoms with Crippen molar-refractivity contribution in [1.29, 1.82) is 0 Å². The summed E-state index contributed by atoms with van der Waals surface area (Å²) in [6, 6.07) is 6.67. The molecule has 2 rings (SSSR count). The van der Waals surface area contributed by atoms with Crippen molar-refractivity contribution in [2.24, 2.45) is 0 Å². The molecule has 0 saturated heterocycles. The lowest BCUT2D eigenvalue weighted by atomic mass is 9.99. The van der Waals surface area contributed by atoms with Gasteiger partial charge in [0.05, 0.1) is 10.0 Å². The SMILES string of the molecule is Cc1cccc(C(=O)c2cc(F)c(Br)cc2F)c1N. The van der Waals surface area contributed by atoms with Gasteiger partial charge in [-0.25, -0.2) is 8.78 Å². The summed E-state index contributed by atoms with van der Waals surface area (Å²) in [7, 11) is 0. The van der Waals surface area contributed by atoms with E-state index in [0.29, 0.717) is 5.56 Å². The van der Waals surface area contributed by atoms with E-state index in [4.69, 9.17) is 5.73 Å². The number of rotatable bonds is 2. The molecule has 0 radical (unpaired) electrons. The van der Waals surface area contributed by atoms with E-state index in [1.54, 1.807) is 19.1 Å². The van der Waals surface area contributed by atoms with Crippen molar-refractivity contribution in [3.63, 3.8) is 0 Å². The lowest BCUT2D eigenvalue weighted by molar-refractivity contribution is 0.103. The second-order valence-corrected chi connectivity index (χ2v) is 4.97. The average molecular weight is 326 g/mol. The summed E-state index contributed by atoms with van der Waals surface area (Å²) in [4.78, 5) is 12.2. The molecule has 19 heavy (non-hydrogen) atoms. The van der Waals surface area contributed by atoms with Crippen LogP contribution in [0.25, 0.3) is 0 Å². The number of aryl methyl sites for hydroxylation is 1. The minimum absolute atomic E-state index is 0.0289.